The fourth-order valence-corrected chi connectivity index (χ4v) is 6.47. The highest BCUT2D eigenvalue weighted by atomic mass is 32.2. The lowest BCUT2D eigenvalue weighted by molar-refractivity contribution is -0.0639. The zero-order valence-corrected chi connectivity index (χ0v) is 27.6. The van der Waals surface area contributed by atoms with Crippen LogP contribution in [-0.4, -0.2) is 60.8 Å². The maximum absolute atomic E-state index is 13.5. The van der Waals surface area contributed by atoms with Crippen LogP contribution >= 0.6 is 0 Å². The molecule has 1 fully saturated rings. The van der Waals surface area contributed by atoms with Crippen molar-refractivity contribution in [3.63, 3.8) is 0 Å². The Hall–Kier alpha value is -6.12. The average Bonchev–Trinajstić information content (AvgIpc) is 3.47. The smallest absolute Gasteiger partial charge is 0.351 e. The third-order valence-electron chi connectivity index (χ3n) is 7.74. The van der Waals surface area contributed by atoms with Gasteiger partial charge < -0.3 is 18.9 Å². The number of nitrogens with one attached hydrogen (secondary N) is 1. The number of esters is 3. The number of hydrogen-bond donors (Lipinski definition) is 1. The number of carbonyl (C=O) groups excluding carboxylic acids is 3. The number of rotatable bonds is 12. The van der Waals surface area contributed by atoms with Crippen molar-refractivity contribution >= 4 is 33.7 Å². The van der Waals surface area contributed by atoms with Crippen LogP contribution < -0.4 is 10.4 Å². The lowest BCUT2D eigenvalue weighted by Gasteiger charge is -2.25. The van der Waals surface area contributed by atoms with Crippen molar-refractivity contribution in [1.29, 1.82) is 0 Å². The Morgan fingerprint density at radius 1 is 0.686 bits per heavy atom. The molecule has 14 heteroatoms. The average molecular weight is 710 g/mol. The summed E-state index contributed by atoms with van der Waals surface area (Å²) in [7, 11) is -3.96. The van der Waals surface area contributed by atoms with Crippen molar-refractivity contribution in [1.82, 2.24) is 9.55 Å². The molecule has 2 heterocycles. The van der Waals surface area contributed by atoms with E-state index in [1.807, 2.05) is 0 Å². The van der Waals surface area contributed by atoms with Gasteiger partial charge in [0.2, 0.25) is 10.0 Å². The van der Waals surface area contributed by atoms with Gasteiger partial charge in [-0.25, -0.2) is 27.6 Å². The number of hydrogen-bond acceptors (Lipinski definition) is 11. The van der Waals surface area contributed by atoms with Gasteiger partial charge in [0.1, 0.15) is 18.5 Å². The molecule has 1 aliphatic rings. The molecule has 0 saturated carbocycles. The first kappa shape index (κ1) is 34.7. The van der Waals surface area contributed by atoms with Gasteiger partial charge in [-0.05, 0) is 48.0 Å². The maximum Gasteiger partial charge on any atom is 0.351 e. The lowest BCUT2D eigenvalue weighted by atomic mass is 10.1. The Kier molecular flexibility index (Phi) is 10.6. The van der Waals surface area contributed by atoms with Crippen molar-refractivity contribution in [2.75, 3.05) is 11.3 Å². The van der Waals surface area contributed by atoms with Gasteiger partial charge in [0.15, 0.2) is 18.4 Å². The minimum atomic E-state index is -3.96. The van der Waals surface area contributed by atoms with Gasteiger partial charge in [0, 0.05) is 6.20 Å². The van der Waals surface area contributed by atoms with Crippen LogP contribution in [0.25, 0.3) is 0 Å². The summed E-state index contributed by atoms with van der Waals surface area (Å²) in [6.07, 6.45) is -4.35. The van der Waals surface area contributed by atoms with Gasteiger partial charge in [-0.1, -0.05) is 84.9 Å². The largest absolute Gasteiger partial charge is 0.459 e. The van der Waals surface area contributed by atoms with Crippen LogP contribution in [0.5, 0.6) is 0 Å². The van der Waals surface area contributed by atoms with Gasteiger partial charge >= 0.3 is 23.6 Å². The predicted octanol–water partition coefficient (Wildman–Crippen LogP) is 4.39. The molecule has 0 bridgehead atoms. The molecular weight excluding hydrogens is 678 g/mol. The maximum atomic E-state index is 13.5. The molecule has 1 aromatic heterocycles. The molecule has 5 aromatic rings. The summed E-state index contributed by atoms with van der Waals surface area (Å²) < 4.78 is 52.4. The van der Waals surface area contributed by atoms with E-state index in [2.05, 4.69) is 9.71 Å². The summed E-state index contributed by atoms with van der Waals surface area (Å²) in [6.45, 7) is -0.462. The summed E-state index contributed by atoms with van der Waals surface area (Å²) in [6, 6.07) is 33.9. The predicted molar refractivity (Wildman–Crippen MR) is 183 cm³/mol. The molecule has 6 rings (SSSR count). The molecule has 4 aromatic carbocycles. The van der Waals surface area contributed by atoms with Crippen molar-refractivity contribution < 1.29 is 41.7 Å². The van der Waals surface area contributed by atoms with Crippen molar-refractivity contribution in [3.05, 3.63) is 166 Å². The highest BCUT2D eigenvalue weighted by molar-refractivity contribution is 7.91. The Labute approximate surface area is 292 Å². The zero-order valence-electron chi connectivity index (χ0n) is 26.8. The number of sulfonamides is 1. The van der Waals surface area contributed by atoms with Gasteiger partial charge in [0.25, 0.3) is 0 Å². The van der Waals surface area contributed by atoms with Gasteiger partial charge in [-0.15, -0.1) is 0 Å². The Balaban J connectivity index is 1.32. The summed E-state index contributed by atoms with van der Waals surface area (Å²) >= 11 is 0. The van der Waals surface area contributed by atoms with E-state index in [4.69, 9.17) is 18.9 Å². The Bertz CT molecular complexity index is 2150. The second kappa shape index (κ2) is 15.6. The Morgan fingerprint density at radius 2 is 1.18 bits per heavy atom. The molecule has 1 aliphatic heterocycles. The quantitative estimate of drug-likeness (QED) is 0.144. The van der Waals surface area contributed by atoms with Crippen molar-refractivity contribution in [3.8, 4) is 0 Å². The topological polar surface area (TPSA) is 169 Å². The molecular formula is C37H31N3O10S. The summed E-state index contributed by atoms with van der Waals surface area (Å²) in [4.78, 5) is 57.0. The third-order valence-corrected chi connectivity index (χ3v) is 8.98. The molecule has 13 nitrogen and oxygen atoms in total. The van der Waals surface area contributed by atoms with E-state index in [0.29, 0.717) is 5.56 Å². The van der Waals surface area contributed by atoms with Crippen LogP contribution in [0.4, 0.5) is 5.82 Å². The second-order valence-electron chi connectivity index (χ2n) is 11.4. The van der Waals surface area contributed by atoms with E-state index in [-0.39, 0.29) is 28.3 Å². The van der Waals surface area contributed by atoms with Gasteiger partial charge in [-0.2, -0.15) is 4.98 Å². The zero-order chi connectivity index (χ0) is 35.8. The monoisotopic (exact) mass is 709 g/mol. The van der Waals surface area contributed by atoms with Crippen LogP contribution in [0.2, 0.25) is 0 Å². The fraction of sp³-hybridized carbons (Fsp3) is 0.162. The Morgan fingerprint density at radius 3 is 1.71 bits per heavy atom. The number of nitrogens with zero attached hydrogens (tertiary/aromatic N) is 2. The molecule has 1 N–H and O–H groups in total. The van der Waals surface area contributed by atoms with E-state index < -0.39 is 64.8 Å². The minimum absolute atomic E-state index is 0.164. The fourth-order valence-electron chi connectivity index (χ4n) is 5.33. The highest BCUT2D eigenvalue weighted by Gasteiger charge is 2.51. The molecule has 1 unspecified atom stereocenters. The molecule has 1 saturated heterocycles. The first-order valence-electron chi connectivity index (χ1n) is 15.7. The molecule has 0 spiro atoms. The van der Waals surface area contributed by atoms with Crippen molar-refractivity contribution in [2.45, 2.75) is 30.3 Å². The second-order valence-corrected chi connectivity index (χ2v) is 13.1. The standard InChI is InChI=1S/C37H31N3O10S/c41-34(26-15-7-2-8-16-26)47-23-29-31(49-35(42)27-17-9-3-10-18-27)32(50-36(43)28-19-11-4-12-20-28)33(48-29)40-22-21-30(38-37(40)44)39-51(45,46)24-25-13-5-1-6-14-25/h1-22,29,31-33H,23-24H2,(H,38,39,44)/t29-,31-,32-,33?/m1/s1. The van der Waals surface area contributed by atoms with E-state index in [1.54, 1.807) is 97.1 Å². The normalized spacial score (nSPS) is 18.4. The number of carbonyl (C=O) groups is 3. The van der Waals surface area contributed by atoms with Crippen LogP contribution in [0.15, 0.2) is 138 Å². The van der Waals surface area contributed by atoms with Crippen LogP contribution in [0.1, 0.15) is 42.9 Å². The molecule has 51 heavy (non-hydrogen) atoms. The number of anilines is 1. The molecule has 0 aliphatic carbocycles. The van der Waals surface area contributed by atoms with E-state index >= 15 is 0 Å². The van der Waals surface area contributed by atoms with E-state index in [1.165, 1.54) is 36.5 Å². The van der Waals surface area contributed by atoms with Gasteiger partial charge in [-0.3, -0.25) is 9.29 Å². The number of aromatic nitrogens is 2. The highest BCUT2D eigenvalue weighted by Crippen LogP contribution is 2.35. The summed E-state index contributed by atoms with van der Waals surface area (Å²) in [5.41, 5.74) is 0.145. The van der Waals surface area contributed by atoms with Crippen LogP contribution in [-0.2, 0) is 34.7 Å². The van der Waals surface area contributed by atoms with Crippen LogP contribution in [0, 0.1) is 0 Å². The molecule has 4 atom stereocenters. The van der Waals surface area contributed by atoms with E-state index in [9.17, 15) is 27.6 Å². The SMILES string of the molecule is O=C(OC[C@H]1OC(n2ccc(NS(=O)(=O)Cc3ccccc3)nc2=O)[C@H](OC(=O)c2ccccc2)[C@@H]1OC(=O)c1ccccc1)c1ccccc1. The summed E-state index contributed by atoms with van der Waals surface area (Å²) in [5.74, 6) is -2.93. The summed E-state index contributed by atoms with van der Waals surface area (Å²) in [5, 5.41) is 0. The van der Waals surface area contributed by atoms with E-state index in [0.717, 1.165) is 4.57 Å². The van der Waals surface area contributed by atoms with Gasteiger partial charge in [0.05, 0.1) is 22.4 Å². The molecule has 0 radical (unpaired) electrons. The number of benzene rings is 4. The number of ether oxygens (including phenoxy) is 4. The lowest BCUT2D eigenvalue weighted by Crippen LogP contribution is -2.42. The minimum Gasteiger partial charge on any atom is -0.459 e. The first-order chi connectivity index (χ1) is 24.7. The first-order valence-corrected chi connectivity index (χ1v) is 17.4. The molecule has 0 amide bonds. The molecule has 260 valence electrons. The van der Waals surface area contributed by atoms with Crippen LogP contribution in [0.3, 0.4) is 0 Å². The third kappa shape index (κ3) is 8.73. The van der Waals surface area contributed by atoms with Crippen molar-refractivity contribution in [2.24, 2.45) is 0 Å².